The average Bonchev–Trinajstić information content (AvgIpc) is 2.40. The number of benzene rings is 2. The fraction of sp³-hybridized carbons (Fsp3) is 0.250. The van der Waals surface area contributed by atoms with Gasteiger partial charge in [-0.2, -0.15) is 0 Å². The molecule has 0 amide bonds. The molecule has 0 heterocycles. The Morgan fingerprint density at radius 3 is 2.47 bits per heavy atom. The van der Waals surface area contributed by atoms with E-state index in [2.05, 4.69) is 0 Å². The largest absolute Gasteiger partial charge is 0.508 e. The molecule has 0 aliphatic carbocycles. The Kier molecular flexibility index (Phi) is 4.42. The second-order valence-corrected chi connectivity index (χ2v) is 4.80. The molecule has 1 N–H and O–H groups in total. The molecule has 0 fully saturated rings. The van der Waals surface area contributed by atoms with Crippen LogP contribution in [0.4, 0.5) is 0 Å². The molecule has 2 aromatic rings. The van der Waals surface area contributed by atoms with Crippen LogP contribution in [0.3, 0.4) is 0 Å². The fourth-order valence-corrected chi connectivity index (χ4v) is 1.86. The van der Waals surface area contributed by atoms with Crippen molar-refractivity contribution in [3.8, 4) is 11.5 Å². The highest BCUT2D eigenvalue weighted by molar-refractivity contribution is 5.39. The first-order chi connectivity index (χ1) is 9.15. The van der Waals surface area contributed by atoms with Crippen LogP contribution in [0.1, 0.15) is 11.1 Å². The highest BCUT2D eigenvalue weighted by Crippen LogP contribution is 2.24. The molecule has 0 saturated carbocycles. The maximum Gasteiger partial charge on any atom is 0.120 e. The first kappa shape index (κ1) is 13.4. The van der Waals surface area contributed by atoms with Crippen LogP contribution in [-0.4, -0.2) is 24.1 Å². The Morgan fingerprint density at radius 2 is 1.79 bits per heavy atom. The van der Waals surface area contributed by atoms with E-state index in [1.54, 1.807) is 12.1 Å². The van der Waals surface area contributed by atoms with E-state index >= 15 is 0 Å². The van der Waals surface area contributed by atoms with Gasteiger partial charge in [-0.1, -0.05) is 30.3 Å². The van der Waals surface area contributed by atoms with Crippen LogP contribution >= 0.6 is 0 Å². The molecule has 2 aromatic carbocycles. The van der Waals surface area contributed by atoms with E-state index in [-0.39, 0.29) is 0 Å². The van der Waals surface area contributed by atoms with Crippen molar-refractivity contribution in [2.75, 3.05) is 14.1 Å². The Bertz CT molecular complexity index is 524. The van der Waals surface area contributed by atoms with Gasteiger partial charge in [0.1, 0.15) is 18.1 Å². The molecule has 19 heavy (non-hydrogen) atoms. The van der Waals surface area contributed by atoms with E-state index in [0.29, 0.717) is 18.9 Å². The van der Waals surface area contributed by atoms with Gasteiger partial charge in [0.15, 0.2) is 0 Å². The lowest BCUT2D eigenvalue weighted by molar-refractivity contribution is 0.304. The van der Waals surface area contributed by atoms with Crippen molar-refractivity contribution in [1.29, 1.82) is 0 Å². The number of phenols is 1. The van der Waals surface area contributed by atoms with Crippen LogP contribution in [0.15, 0.2) is 48.5 Å². The molecule has 100 valence electrons. The van der Waals surface area contributed by atoms with E-state index in [1.165, 1.54) is 0 Å². The first-order valence-electron chi connectivity index (χ1n) is 6.28. The molecular formula is C16H19NO2. The number of nitrogens with zero attached hydrogens (tertiary/aromatic N) is 1. The molecule has 0 atom stereocenters. The van der Waals surface area contributed by atoms with Crippen LogP contribution in [-0.2, 0) is 13.2 Å². The minimum atomic E-state index is 0.306. The molecule has 0 saturated heterocycles. The van der Waals surface area contributed by atoms with Gasteiger partial charge in [0, 0.05) is 12.1 Å². The van der Waals surface area contributed by atoms with E-state index in [1.807, 2.05) is 55.4 Å². The highest BCUT2D eigenvalue weighted by atomic mass is 16.5. The molecule has 0 unspecified atom stereocenters. The summed E-state index contributed by atoms with van der Waals surface area (Å²) < 4.78 is 5.74. The molecule has 0 aromatic heterocycles. The zero-order chi connectivity index (χ0) is 13.7. The molecule has 2 rings (SSSR count). The van der Waals surface area contributed by atoms with Gasteiger partial charge >= 0.3 is 0 Å². The van der Waals surface area contributed by atoms with E-state index < -0.39 is 0 Å². The Labute approximate surface area is 114 Å². The van der Waals surface area contributed by atoms with Gasteiger partial charge in [-0.25, -0.2) is 0 Å². The second-order valence-electron chi connectivity index (χ2n) is 4.80. The van der Waals surface area contributed by atoms with Crippen molar-refractivity contribution < 1.29 is 9.84 Å². The smallest absolute Gasteiger partial charge is 0.120 e. The van der Waals surface area contributed by atoms with Gasteiger partial charge < -0.3 is 14.7 Å². The minimum Gasteiger partial charge on any atom is -0.508 e. The summed E-state index contributed by atoms with van der Waals surface area (Å²) >= 11 is 0. The SMILES string of the molecule is CN(C)Cc1cc(OCc2ccccc2)ccc1O. The first-order valence-corrected chi connectivity index (χ1v) is 6.28. The van der Waals surface area contributed by atoms with Crippen LogP contribution in [0, 0.1) is 0 Å². The molecule has 0 bridgehead atoms. The number of phenolic OH excluding ortho intramolecular Hbond substituents is 1. The topological polar surface area (TPSA) is 32.7 Å². The van der Waals surface area contributed by atoms with Crippen molar-refractivity contribution in [3.05, 3.63) is 59.7 Å². The lowest BCUT2D eigenvalue weighted by atomic mass is 10.2. The number of hydrogen-bond donors (Lipinski definition) is 1. The quantitative estimate of drug-likeness (QED) is 0.893. The average molecular weight is 257 g/mol. The summed E-state index contributed by atoms with van der Waals surface area (Å²) in [7, 11) is 3.94. The lowest BCUT2D eigenvalue weighted by Crippen LogP contribution is -2.10. The highest BCUT2D eigenvalue weighted by Gasteiger charge is 2.05. The number of aromatic hydroxyl groups is 1. The normalized spacial score (nSPS) is 10.7. The maximum atomic E-state index is 9.79. The van der Waals surface area contributed by atoms with Gasteiger partial charge in [-0.05, 0) is 37.9 Å². The molecule has 0 spiro atoms. The minimum absolute atomic E-state index is 0.306. The number of ether oxygens (including phenoxy) is 1. The summed E-state index contributed by atoms with van der Waals surface area (Å²) in [6, 6.07) is 15.4. The summed E-state index contributed by atoms with van der Waals surface area (Å²) in [5.74, 6) is 1.08. The van der Waals surface area contributed by atoms with Gasteiger partial charge in [-0.15, -0.1) is 0 Å². The summed E-state index contributed by atoms with van der Waals surface area (Å²) in [6.07, 6.45) is 0. The van der Waals surface area contributed by atoms with Gasteiger partial charge in [0.2, 0.25) is 0 Å². The second kappa shape index (κ2) is 6.25. The third kappa shape index (κ3) is 4.00. The van der Waals surface area contributed by atoms with Crippen LogP contribution in [0.25, 0.3) is 0 Å². The Morgan fingerprint density at radius 1 is 1.05 bits per heavy atom. The standard InChI is InChI=1S/C16H19NO2/c1-17(2)11-14-10-15(8-9-16(14)18)19-12-13-6-4-3-5-7-13/h3-10,18H,11-12H2,1-2H3. The summed E-state index contributed by atoms with van der Waals surface area (Å²) in [5.41, 5.74) is 2.00. The predicted octanol–water partition coefficient (Wildman–Crippen LogP) is 3.03. The van der Waals surface area contributed by atoms with Crippen LogP contribution in [0.2, 0.25) is 0 Å². The zero-order valence-corrected chi connectivity index (χ0v) is 11.3. The third-order valence-corrected chi connectivity index (χ3v) is 2.79. The van der Waals surface area contributed by atoms with Crippen molar-refractivity contribution >= 4 is 0 Å². The molecule has 3 heteroatoms. The van der Waals surface area contributed by atoms with E-state index in [0.717, 1.165) is 16.9 Å². The van der Waals surface area contributed by atoms with Crippen LogP contribution < -0.4 is 4.74 Å². The van der Waals surface area contributed by atoms with Crippen molar-refractivity contribution in [1.82, 2.24) is 4.90 Å². The van der Waals surface area contributed by atoms with E-state index in [4.69, 9.17) is 4.74 Å². The van der Waals surface area contributed by atoms with Gasteiger partial charge in [-0.3, -0.25) is 0 Å². The summed E-state index contributed by atoms with van der Waals surface area (Å²) in [6.45, 7) is 1.22. The molecular weight excluding hydrogens is 238 g/mol. The Hall–Kier alpha value is -2.00. The molecule has 0 aliphatic heterocycles. The van der Waals surface area contributed by atoms with Crippen LogP contribution in [0.5, 0.6) is 11.5 Å². The monoisotopic (exact) mass is 257 g/mol. The predicted molar refractivity (Wildman–Crippen MR) is 76.3 cm³/mol. The summed E-state index contributed by atoms with van der Waals surface area (Å²) in [4.78, 5) is 2.01. The van der Waals surface area contributed by atoms with Gasteiger partial charge in [0.25, 0.3) is 0 Å². The van der Waals surface area contributed by atoms with Crippen molar-refractivity contribution in [3.63, 3.8) is 0 Å². The molecule has 0 radical (unpaired) electrons. The molecule has 3 nitrogen and oxygen atoms in total. The Balaban J connectivity index is 2.04. The number of rotatable bonds is 5. The molecule has 0 aliphatic rings. The lowest BCUT2D eigenvalue weighted by Gasteiger charge is -2.13. The zero-order valence-electron chi connectivity index (χ0n) is 11.3. The number of hydrogen-bond acceptors (Lipinski definition) is 3. The van der Waals surface area contributed by atoms with Crippen molar-refractivity contribution in [2.45, 2.75) is 13.2 Å². The summed E-state index contributed by atoms with van der Waals surface area (Å²) in [5, 5.41) is 9.79. The fourth-order valence-electron chi connectivity index (χ4n) is 1.86. The maximum absolute atomic E-state index is 9.79. The van der Waals surface area contributed by atoms with E-state index in [9.17, 15) is 5.11 Å². The third-order valence-electron chi connectivity index (χ3n) is 2.79. The van der Waals surface area contributed by atoms with Crippen molar-refractivity contribution in [2.24, 2.45) is 0 Å². The van der Waals surface area contributed by atoms with Gasteiger partial charge in [0.05, 0.1) is 0 Å².